The van der Waals surface area contributed by atoms with Gasteiger partial charge in [0.15, 0.2) is 0 Å². The summed E-state index contributed by atoms with van der Waals surface area (Å²) >= 11 is 0. The van der Waals surface area contributed by atoms with Crippen LogP contribution in [-0.2, 0) is 10.0 Å². The van der Waals surface area contributed by atoms with Crippen molar-refractivity contribution >= 4 is 21.6 Å². The first-order chi connectivity index (χ1) is 13.3. The lowest BCUT2D eigenvalue weighted by atomic mass is 10.1. The van der Waals surface area contributed by atoms with Crippen molar-refractivity contribution in [3.8, 4) is 5.69 Å². The molecule has 0 aliphatic rings. The van der Waals surface area contributed by atoms with Gasteiger partial charge in [-0.25, -0.2) is 28.4 Å². The van der Waals surface area contributed by atoms with Gasteiger partial charge in [0, 0.05) is 5.69 Å². The molecule has 0 aliphatic heterocycles. The Labute approximate surface area is 160 Å². The number of nitrogens with zero attached hydrogens (tertiary/aromatic N) is 3. The Morgan fingerprint density at radius 1 is 1.14 bits per heavy atom. The van der Waals surface area contributed by atoms with Crippen LogP contribution in [0.25, 0.3) is 5.69 Å². The third kappa shape index (κ3) is 4.30. The summed E-state index contributed by atoms with van der Waals surface area (Å²) in [7, 11) is -3.78. The van der Waals surface area contributed by atoms with Crippen molar-refractivity contribution in [1.29, 1.82) is 0 Å². The summed E-state index contributed by atoms with van der Waals surface area (Å²) in [5.74, 6) is -0.897. The molecule has 0 spiro atoms. The van der Waals surface area contributed by atoms with Crippen LogP contribution in [-0.4, -0.2) is 29.6 Å². The molecule has 3 rings (SSSR count). The minimum Gasteiger partial charge on any atom is -0.295 e. The largest absolute Gasteiger partial charge is 0.295 e. The van der Waals surface area contributed by atoms with Crippen LogP contribution < -0.4 is 10.6 Å². The van der Waals surface area contributed by atoms with E-state index in [9.17, 15) is 17.6 Å². The van der Waals surface area contributed by atoms with Crippen LogP contribution in [0.2, 0.25) is 0 Å². The van der Waals surface area contributed by atoms with Gasteiger partial charge in [0.25, 0.3) is 5.91 Å². The van der Waals surface area contributed by atoms with Gasteiger partial charge < -0.3 is 0 Å². The monoisotopic (exact) mass is 401 g/mol. The second kappa shape index (κ2) is 7.71. The Bertz CT molecular complexity index is 1140. The second-order valence-corrected chi connectivity index (χ2v) is 7.39. The quantitative estimate of drug-likeness (QED) is 0.500. The molecule has 0 saturated heterocycles. The molecule has 0 fully saturated rings. The third-order valence-corrected chi connectivity index (χ3v) is 4.83. The zero-order chi connectivity index (χ0) is 20.3. The molecule has 0 radical (unpaired) electrons. The fourth-order valence-corrected chi connectivity index (χ4v) is 2.93. The second-order valence-electron chi connectivity index (χ2n) is 5.83. The van der Waals surface area contributed by atoms with Gasteiger partial charge in [0.1, 0.15) is 11.5 Å². The maximum absolute atomic E-state index is 13.1. The fourth-order valence-electron chi connectivity index (χ4n) is 2.41. The Morgan fingerprint density at radius 3 is 2.39 bits per heavy atom. The van der Waals surface area contributed by atoms with Crippen LogP contribution >= 0.6 is 0 Å². The van der Waals surface area contributed by atoms with Gasteiger partial charge in [-0.2, -0.15) is 5.10 Å². The van der Waals surface area contributed by atoms with Gasteiger partial charge in [0.05, 0.1) is 23.1 Å². The molecular weight excluding hydrogens is 385 g/mol. The van der Waals surface area contributed by atoms with E-state index >= 15 is 0 Å². The van der Waals surface area contributed by atoms with E-state index < -0.39 is 15.9 Å². The molecule has 3 aromatic rings. The lowest BCUT2D eigenvalue weighted by Gasteiger charge is -2.07. The van der Waals surface area contributed by atoms with Crippen molar-refractivity contribution < 1.29 is 17.6 Å². The summed E-state index contributed by atoms with van der Waals surface area (Å²) in [4.78, 5) is 16.4. The number of primary sulfonamides is 1. The van der Waals surface area contributed by atoms with E-state index in [1.165, 1.54) is 65.6 Å². The maximum atomic E-state index is 13.1. The number of rotatable bonds is 5. The van der Waals surface area contributed by atoms with E-state index in [1.54, 1.807) is 6.92 Å². The van der Waals surface area contributed by atoms with Crippen LogP contribution in [0.3, 0.4) is 0 Å². The standard InChI is InChI=1S/C18H16FN5O3S/c1-12(13-2-8-16(9-3-13)28(20,26)27)22-23-18(25)17-10-21-11-24(17)15-6-4-14(19)5-7-15/h2-11H,1H3,(H,23,25)(H2,20,26,27)/b22-12+. The fraction of sp³-hybridized carbons (Fsp3) is 0.0556. The van der Waals surface area contributed by atoms with Gasteiger partial charge in [-0.05, 0) is 48.9 Å². The average molecular weight is 401 g/mol. The van der Waals surface area contributed by atoms with Crippen LogP contribution in [0, 0.1) is 5.82 Å². The predicted octanol–water partition coefficient (Wildman–Crippen LogP) is 1.81. The van der Waals surface area contributed by atoms with Crippen LogP contribution in [0.1, 0.15) is 23.0 Å². The van der Waals surface area contributed by atoms with E-state index in [-0.39, 0.29) is 16.4 Å². The molecule has 28 heavy (non-hydrogen) atoms. The average Bonchev–Trinajstić information content (AvgIpc) is 3.16. The SMILES string of the molecule is C/C(=N\NC(=O)c1cncn1-c1ccc(F)cc1)c1ccc(S(N)(=O)=O)cc1. The number of nitrogens with two attached hydrogens (primary N) is 1. The number of imidazole rings is 1. The van der Waals surface area contributed by atoms with E-state index in [1.807, 2.05) is 0 Å². The molecule has 0 saturated carbocycles. The first-order valence-electron chi connectivity index (χ1n) is 8.02. The highest BCUT2D eigenvalue weighted by Crippen LogP contribution is 2.13. The molecule has 0 unspecified atom stereocenters. The number of nitrogens with one attached hydrogen (secondary N) is 1. The zero-order valence-corrected chi connectivity index (χ0v) is 15.5. The summed E-state index contributed by atoms with van der Waals surface area (Å²) < 4.78 is 37.2. The number of amides is 1. The molecule has 0 atom stereocenters. The topological polar surface area (TPSA) is 119 Å². The number of hydrogen-bond acceptors (Lipinski definition) is 5. The van der Waals surface area contributed by atoms with Crippen molar-refractivity contribution in [2.24, 2.45) is 10.2 Å². The Hall–Kier alpha value is -3.37. The number of benzene rings is 2. The smallest absolute Gasteiger partial charge is 0.289 e. The van der Waals surface area contributed by atoms with E-state index in [0.29, 0.717) is 17.0 Å². The van der Waals surface area contributed by atoms with Crippen molar-refractivity contribution in [1.82, 2.24) is 15.0 Å². The molecular formula is C18H16FN5O3S. The van der Waals surface area contributed by atoms with Gasteiger partial charge in [-0.15, -0.1) is 0 Å². The number of aromatic nitrogens is 2. The van der Waals surface area contributed by atoms with Crippen molar-refractivity contribution in [2.45, 2.75) is 11.8 Å². The molecule has 10 heteroatoms. The van der Waals surface area contributed by atoms with Crippen molar-refractivity contribution in [3.63, 3.8) is 0 Å². The molecule has 1 aromatic heterocycles. The number of hydrazone groups is 1. The zero-order valence-electron chi connectivity index (χ0n) is 14.7. The predicted molar refractivity (Wildman–Crippen MR) is 101 cm³/mol. The summed E-state index contributed by atoms with van der Waals surface area (Å²) in [6, 6.07) is 11.4. The van der Waals surface area contributed by atoms with Gasteiger partial charge in [-0.1, -0.05) is 12.1 Å². The summed E-state index contributed by atoms with van der Waals surface area (Å²) in [5, 5.41) is 9.09. The minimum absolute atomic E-state index is 0.0173. The van der Waals surface area contributed by atoms with Gasteiger partial charge in [-0.3, -0.25) is 9.36 Å². The molecule has 144 valence electrons. The number of carbonyl (C=O) groups is 1. The van der Waals surface area contributed by atoms with Gasteiger partial charge in [0.2, 0.25) is 10.0 Å². The lowest BCUT2D eigenvalue weighted by Crippen LogP contribution is -2.22. The molecule has 1 heterocycles. The summed E-state index contributed by atoms with van der Waals surface area (Å²) in [5.41, 5.74) is 4.28. The summed E-state index contributed by atoms with van der Waals surface area (Å²) in [6.07, 6.45) is 2.80. The van der Waals surface area contributed by atoms with E-state index in [4.69, 9.17) is 5.14 Å². The number of hydrogen-bond donors (Lipinski definition) is 2. The lowest BCUT2D eigenvalue weighted by molar-refractivity contribution is 0.0948. The van der Waals surface area contributed by atoms with Gasteiger partial charge >= 0.3 is 0 Å². The molecule has 3 N–H and O–H groups in total. The Morgan fingerprint density at radius 2 is 1.79 bits per heavy atom. The van der Waals surface area contributed by atoms with Crippen molar-refractivity contribution in [2.75, 3.05) is 0 Å². The third-order valence-electron chi connectivity index (χ3n) is 3.90. The number of carbonyl (C=O) groups excluding carboxylic acids is 1. The minimum atomic E-state index is -3.78. The summed E-state index contributed by atoms with van der Waals surface area (Å²) in [6.45, 7) is 1.66. The van der Waals surface area contributed by atoms with Crippen LogP contribution in [0.15, 0.2) is 71.1 Å². The maximum Gasteiger partial charge on any atom is 0.289 e. The normalized spacial score (nSPS) is 12.0. The molecule has 1 amide bonds. The first-order valence-corrected chi connectivity index (χ1v) is 9.56. The van der Waals surface area contributed by atoms with E-state index in [0.717, 1.165) is 0 Å². The molecule has 0 aliphatic carbocycles. The first kappa shape index (κ1) is 19.4. The number of halogens is 1. The highest BCUT2D eigenvalue weighted by Gasteiger charge is 2.13. The Balaban J connectivity index is 1.77. The molecule has 8 nitrogen and oxygen atoms in total. The van der Waals surface area contributed by atoms with Crippen LogP contribution in [0.5, 0.6) is 0 Å². The molecule has 0 bridgehead atoms. The highest BCUT2D eigenvalue weighted by molar-refractivity contribution is 7.89. The van der Waals surface area contributed by atoms with Crippen LogP contribution in [0.4, 0.5) is 4.39 Å². The highest BCUT2D eigenvalue weighted by atomic mass is 32.2. The molecule has 2 aromatic carbocycles. The number of sulfonamides is 1. The van der Waals surface area contributed by atoms with Crippen molar-refractivity contribution in [3.05, 3.63) is 78.1 Å². The Kier molecular flexibility index (Phi) is 5.34. The van der Waals surface area contributed by atoms with E-state index in [2.05, 4.69) is 15.5 Å².